The third-order valence-electron chi connectivity index (χ3n) is 7.23. The van der Waals surface area contributed by atoms with Crippen LogP contribution in [-0.4, -0.2) is 49.0 Å². The van der Waals surface area contributed by atoms with E-state index in [-0.39, 0.29) is 29.9 Å². The van der Waals surface area contributed by atoms with E-state index in [0.717, 1.165) is 48.5 Å². The van der Waals surface area contributed by atoms with E-state index < -0.39 is 0 Å². The van der Waals surface area contributed by atoms with Crippen molar-refractivity contribution in [2.45, 2.75) is 57.0 Å². The van der Waals surface area contributed by atoms with Gasteiger partial charge in [-0.3, -0.25) is 14.5 Å². The zero-order valence-corrected chi connectivity index (χ0v) is 17.7. The minimum absolute atomic E-state index is 0.00624. The summed E-state index contributed by atoms with van der Waals surface area (Å²) < 4.78 is 5.13. The molecule has 158 valence electrons. The molecule has 0 radical (unpaired) electrons. The van der Waals surface area contributed by atoms with Gasteiger partial charge in [0.05, 0.1) is 19.7 Å². The van der Waals surface area contributed by atoms with Crippen molar-refractivity contribution in [3.05, 3.63) is 24.3 Å². The number of likely N-dealkylation sites (N-methyl/N-ethyl adjacent to an activating group) is 1. The van der Waals surface area contributed by atoms with E-state index in [1.165, 1.54) is 19.3 Å². The average molecular weight is 400 g/mol. The molecule has 4 fully saturated rings. The molecule has 4 aliphatic rings. The number of ether oxygens (including phenoxy) is 1. The van der Waals surface area contributed by atoms with Crippen LogP contribution in [0, 0.1) is 17.8 Å². The lowest BCUT2D eigenvalue weighted by molar-refractivity contribution is -0.131. The molecule has 29 heavy (non-hydrogen) atoms. The van der Waals surface area contributed by atoms with E-state index in [1.807, 2.05) is 18.9 Å². The summed E-state index contributed by atoms with van der Waals surface area (Å²) in [4.78, 5) is 27.2. The molecule has 1 aromatic carbocycles. The maximum absolute atomic E-state index is 13.0. The fraction of sp³-hybridized carbons (Fsp3) is 0.652. The van der Waals surface area contributed by atoms with Gasteiger partial charge in [0.15, 0.2) is 0 Å². The maximum Gasteiger partial charge on any atom is 0.238 e. The summed E-state index contributed by atoms with van der Waals surface area (Å²) in [6.07, 6.45) is 7.49. The van der Waals surface area contributed by atoms with Gasteiger partial charge in [0.2, 0.25) is 11.8 Å². The second kappa shape index (κ2) is 7.98. The Labute approximate surface area is 173 Å². The number of carbonyl (C=O) groups excluding carboxylic acids is 2. The van der Waals surface area contributed by atoms with Crippen molar-refractivity contribution >= 4 is 17.5 Å². The van der Waals surface area contributed by atoms with Crippen molar-refractivity contribution in [3.8, 4) is 5.75 Å². The summed E-state index contributed by atoms with van der Waals surface area (Å²) in [6, 6.07) is 6.88. The van der Waals surface area contributed by atoms with Crippen LogP contribution in [0.25, 0.3) is 0 Å². The molecular weight excluding hydrogens is 366 g/mol. The molecule has 0 unspecified atom stereocenters. The molecule has 0 heterocycles. The van der Waals surface area contributed by atoms with Crippen LogP contribution < -0.4 is 15.4 Å². The fourth-order valence-corrected chi connectivity index (χ4v) is 6.07. The fourth-order valence-electron chi connectivity index (χ4n) is 6.07. The number of anilines is 1. The monoisotopic (exact) mass is 399 g/mol. The Balaban J connectivity index is 1.29. The molecule has 4 bridgehead atoms. The van der Waals surface area contributed by atoms with E-state index in [4.69, 9.17) is 4.74 Å². The summed E-state index contributed by atoms with van der Waals surface area (Å²) in [5.41, 5.74) is 0.724. The molecule has 6 nitrogen and oxygen atoms in total. The Kier molecular flexibility index (Phi) is 5.56. The number of methoxy groups -OCH3 is 1. The Bertz CT molecular complexity index is 726. The van der Waals surface area contributed by atoms with Crippen LogP contribution in [0.1, 0.15) is 45.4 Å². The first-order chi connectivity index (χ1) is 13.9. The Morgan fingerprint density at radius 3 is 2.17 bits per heavy atom. The molecule has 4 saturated carbocycles. The first kappa shape index (κ1) is 20.2. The molecule has 0 spiro atoms. The van der Waals surface area contributed by atoms with Gasteiger partial charge in [-0.2, -0.15) is 0 Å². The number of amides is 2. The molecule has 6 heteroatoms. The van der Waals surface area contributed by atoms with Crippen LogP contribution in [0.15, 0.2) is 24.3 Å². The molecule has 2 amide bonds. The van der Waals surface area contributed by atoms with Crippen molar-refractivity contribution in [2.75, 3.05) is 26.0 Å². The number of rotatable bonds is 7. The molecule has 5 rings (SSSR count). The Morgan fingerprint density at radius 1 is 1.10 bits per heavy atom. The first-order valence-electron chi connectivity index (χ1n) is 10.8. The molecule has 1 atom stereocenters. The smallest absolute Gasteiger partial charge is 0.238 e. The lowest BCUT2D eigenvalue weighted by Crippen LogP contribution is -2.62. The molecule has 0 saturated heterocycles. The SMILES string of the molecule is COc1ccc(NC(=O)CN(C)[C@H](C)C(=O)NC23CC4CC(CC(C4)C2)C3)cc1. The molecular formula is C23H33N3O3. The highest BCUT2D eigenvalue weighted by Crippen LogP contribution is 2.55. The Hall–Kier alpha value is -2.08. The number of hydrogen-bond acceptors (Lipinski definition) is 4. The summed E-state index contributed by atoms with van der Waals surface area (Å²) in [5.74, 6) is 3.05. The minimum Gasteiger partial charge on any atom is -0.497 e. The van der Waals surface area contributed by atoms with Gasteiger partial charge >= 0.3 is 0 Å². The molecule has 4 aliphatic carbocycles. The third kappa shape index (κ3) is 4.42. The number of hydrogen-bond donors (Lipinski definition) is 2. The largest absolute Gasteiger partial charge is 0.497 e. The van der Waals surface area contributed by atoms with Crippen molar-refractivity contribution < 1.29 is 14.3 Å². The number of nitrogens with one attached hydrogen (secondary N) is 2. The molecule has 0 aromatic heterocycles. The standard InChI is InChI=1S/C23H33N3O3/c1-15(26(2)14-21(27)24-19-4-6-20(29-3)7-5-19)22(28)25-23-11-16-8-17(12-23)10-18(9-16)13-23/h4-7,15-18H,8-14H2,1-3H3,(H,24,27)(H,25,28)/t15-,16?,17?,18?,23?/m1/s1. The highest BCUT2D eigenvalue weighted by molar-refractivity contribution is 5.93. The van der Waals surface area contributed by atoms with Gasteiger partial charge in [-0.05, 0) is 94.5 Å². The molecule has 0 aliphatic heterocycles. The van der Waals surface area contributed by atoms with Crippen LogP contribution in [0.5, 0.6) is 5.75 Å². The van der Waals surface area contributed by atoms with Gasteiger partial charge in [-0.25, -0.2) is 0 Å². The van der Waals surface area contributed by atoms with E-state index in [9.17, 15) is 9.59 Å². The van der Waals surface area contributed by atoms with Gasteiger partial charge in [0.1, 0.15) is 5.75 Å². The van der Waals surface area contributed by atoms with Crippen LogP contribution >= 0.6 is 0 Å². The van der Waals surface area contributed by atoms with Gasteiger partial charge < -0.3 is 15.4 Å². The summed E-state index contributed by atoms with van der Waals surface area (Å²) in [7, 11) is 3.44. The minimum atomic E-state index is -0.343. The van der Waals surface area contributed by atoms with Crippen molar-refractivity contribution in [1.82, 2.24) is 10.2 Å². The predicted octanol–water partition coefficient (Wildman–Crippen LogP) is 3.04. The van der Waals surface area contributed by atoms with Crippen molar-refractivity contribution in [3.63, 3.8) is 0 Å². The van der Waals surface area contributed by atoms with Crippen LogP contribution in [0.2, 0.25) is 0 Å². The van der Waals surface area contributed by atoms with E-state index >= 15 is 0 Å². The highest BCUT2D eigenvalue weighted by Gasteiger charge is 2.51. The van der Waals surface area contributed by atoms with Gasteiger partial charge in [-0.15, -0.1) is 0 Å². The molecule has 1 aromatic rings. The van der Waals surface area contributed by atoms with E-state index in [2.05, 4.69) is 10.6 Å². The summed E-state index contributed by atoms with van der Waals surface area (Å²) in [6.45, 7) is 2.05. The Morgan fingerprint density at radius 2 is 1.66 bits per heavy atom. The average Bonchev–Trinajstić information content (AvgIpc) is 2.66. The second-order valence-electron chi connectivity index (χ2n) is 9.55. The van der Waals surface area contributed by atoms with Gasteiger partial charge in [0.25, 0.3) is 0 Å². The van der Waals surface area contributed by atoms with E-state index in [0.29, 0.717) is 0 Å². The zero-order valence-electron chi connectivity index (χ0n) is 17.7. The quantitative estimate of drug-likeness (QED) is 0.739. The lowest BCUT2D eigenvalue weighted by Gasteiger charge is -2.57. The van der Waals surface area contributed by atoms with Crippen LogP contribution in [0.3, 0.4) is 0 Å². The van der Waals surface area contributed by atoms with Crippen LogP contribution in [0.4, 0.5) is 5.69 Å². The number of carbonyl (C=O) groups is 2. The summed E-state index contributed by atoms with van der Waals surface area (Å²) in [5, 5.41) is 6.29. The maximum atomic E-state index is 13.0. The third-order valence-corrected chi connectivity index (χ3v) is 7.23. The van der Waals surface area contributed by atoms with Gasteiger partial charge in [-0.1, -0.05) is 0 Å². The van der Waals surface area contributed by atoms with Crippen molar-refractivity contribution in [1.29, 1.82) is 0 Å². The van der Waals surface area contributed by atoms with Crippen LogP contribution in [-0.2, 0) is 9.59 Å². The zero-order chi connectivity index (χ0) is 20.6. The number of nitrogens with zero attached hydrogens (tertiary/aromatic N) is 1. The second-order valence-corrected chi connectivity index (χ2v) is 9.55. The lowest BCUT2D eigenvalue weighted by atomic mass is 9.53. The van der Waals surface area contributed by atoms with E-state index in [1.54, 1.807) is 31.4 Å². The normalized spacial score (nSPS) is 30.8. The summed E-state index contributed by atoms with van der Waals surface area (Å²) >= 11 is 0. The van der Waals surface area contributed by atoms with Gasteiger partial charge in [0, 0.05) is 11.2 Å². The first-order valence-corrected chi connectivity index (χ1v) is 10.8. The predicted molar refractivity (Wildman–Crippen MR) is 113 cm³/mol. The van der Waals surface area contributed by atoms with Crippen molar-refractivity contribution in [2.24, 2.45) is 17.8 Å². The highest BCUT2D eigenvalue weighted by atomic mass is 16.5. The topological polar surface area (TPSA) is 70.7 Å². The number of benzene rings is 1. The molecule has 2 N–H and O–H groups in total.